The summed E-state index contributed by atoms with van der Waals surface area (Å²) in [4.78, 5) is 37.1. The summed E-state index contributed by atoms with van der Waals surface area (Å²) in [5, 5.41) is 3.53. The van der Waals surface area contributed by atoms with Gasteiger partial charge in [-0.2, -0.15) is 0 Å². The Hall–Kier alpha value is -2.39. The third kappa shape index (κ3) is 6.07. The molecule has 1 aliphatic heterocycles. The quantitative estimate of drug-likeness (QED) is 0.386. The summed E-state index contributed by atoms with van der Waals surface area (Å²) in [5.41, 5.74) is 0.820. The molecule has 1 N–H and O–H groups in total. The van der Waals surface area contributed by atoms with Gasteiger partial charge in [0.2, 0.25) is 11.8 Å². The third-order valence-electron chi connectivity index (χ3n) is 5.24. The van der Waals surface area contributed by atoms with Crippen molar-refractivity contribution in [3.8, 4) is 0 Å². The molecule has 0 radical (unpaired) electrons. The molecule has 7 nitrogen and oxygen atoms in total. The molecule has 0 bridgehead atoms. The molecule has 4 rings (SSSR count). The Bertz CT molecular complexity index is 949. The number of hydrogen-bond acceptors (Lipinski definition) is 6. The number of nitrogens with one attached hydrogen (secondary N) is 1. The molecule has 1 aliphatic carbocycles. The lowest BCUT2D eigenvalue weighted by molar-refractivity contribution is -0.132. The van der Waals surface area contributed by atoms with E-state index < -0.39 is 0 Å². The van der Waals surface area contributed by atoms with Crippen molar-refractivity contribution >= 4 is 41.0 Å². The first-order valence-electron chi connectivity index (χ1n) is 10.2. The van der Waals surface area contributed by atoms with Crippen LogP contribution in [0.1, 0.15) is 18.4 Å². The highest BCUT2D eigenvalue weighted by molar-refractivity contribution is 7.99. The van der Waals surface area contributed by atoms with Crippen molar-refractivity contribution in [2.45, 2.75) is 24.5 Å². The van der Waals surface area contributed by atoms with Gasteiger partial charge in [0, 0.05) is 44.7 Å². The van der Waals surface area contributed by atoms with E-state index in [0.29, 0.717) is 48.9 Å². The van der Waals surface area contributed by atoms with Crippen molar-refractivity contribution in [3.63, 3.8) is 0 Å². The van der Waals surface area contributed by atoms with Gasteiger partial charge in [-0.1, -0.05) is 35.5 Å². The Balaban J connectivity index is 1.28. The van der Waals surface area contributed by atoms with Crippen LogP contribution in [0.2, 0.25) is 5.15 Å². The highest BCUT2D eigenvalue weighted by Crippen LogP contribution is 2.31. The first-order valence-corrected chi connectivity index (χ1v) is 11.6. The van der Waals surface area contributed by atoms with Gasteiger partial charge in [0.1, 0.15) is 16.8 Å². The van der Waals surface area contributed by atoms with E-state index in [9.17, 15) is 14.0 Å². The third-order valence-corrected chi connectivity index (χ3v) is 6.28. The Kier molecular flexibility index (Phi) is 6.92. The molecule has 1 saturated carbocycles. The molecule has 1 aromatic heterocycles. The smallest absolute Gasteiger partial charge is 0.230 e. The highest BCUT2D eigenvalue weighted by atomic mass is 35.5. The molecule has 2 amide bonds. The monoisotopic (exact) mass is 463 g/mol. The molecular formula is C21H23ClFN5O2S. The lowest BCUT2D eigenvalue weighted by Crippen LogP contribution is -2.49. The first kappa shape index (κ1) is 21.8. The molecule has 10 heteroatoms. The van der Waals surface area contributed by atoms with Gasteiger partial charge in [0.05, 0.1) is 5.75 Å². The topological polar surface area (TPSA) is 78.4 Å². The van der Waals surface area contributed by atoms with E-state index in [0.717, 1.165) is 18.4 Å². The summed E-state index contributed by atoms with van der Waals surface area (Å²) in [6.07, 6.45) is 2.03. The van der Waals surface area contributed by atoms with Crippen molar-refractivity contribution in [2.75, 3.05) is 36.8 Å². The minimum absolute atomic E-state index is 0.143. The van der Waals surface area contributed by atoms with E-state index in [2.05, 4.69) is 20.2 Å². The SMILES string of the molecule is O=C(CSc1nc(Cl)cc(N2CCN(C(=O)C3CC3)CC2)n1)NCc1ccc(F)cc1. The van der Waals surface area contributed by atoms with E-state index in [1.165, 1.54) is 23.9 Å². The van der Waals surface area contributed by atoms with Crippen LogP contribution >= 0.6 is 23.4 Å². The van der Waals surface area contributed by atoms with Gasteiger partial charge in [-0.3, -0.25) is 9.59 Å². The standard InChI is InChI=1S/C21H23ClFN5O2S/c22-17-11-18(27-7-9-28(10-8-27)20(30)15-3-4-15)26-21(25-17)31-13-19(29)24-12-14-1-5-16(23)6-2-14/h1-2,5-6,11,15H,3-4,7-10,12-13H2,(H,24,29). The number of thioether (sulfide) groups is 1. The second kappa shape index (κ2) is 9.82. The van der Waals surface area contributed by atoms with Crippen LogP contribution in [-0.4, -0.2) is 58.6 Å². The van der Waals surface area contributed by atoms with Crippen LogP contribution in [0.4, 0.5) is 10.2 Å². The van der Waals surface area contributed by atoms with Crippen molar-refractivity contribution in [1.29, 1.82) is 0 Å². The Labute approximate surface area is 189 Å². The highest BCUT2D eigenvalue weighted by Gasteiger charge is 2.34. The number of benzene rings is 1. The van der Waals surface area contributed by atoms with E-state index in [-0.39, 0.29) is 29.3 Å². The van der Waals surface area contributed by atoms with Crippen molar-refractivity contribution in [2.24, 2.45) is 5.92 Å². The molecule has 1 aromatic carbocycles. The van der Waals surface area contributed by atoms with E-state index in [4.69, 9.17) is 11.6 Å². The largest absolute Gasteiger partial charge is 0.353 e. The van der Waals surface area contributed by atoms with Crippen molar-refractivity contribution < 1.29 is 14.0 Å². The lowest BCUT2D eigenvalue weighted by Gasteiger charge is -2.35. The Morgan fingerprint density at radius 2 is 1.84 bits per heavy atom. The number of piperazine rings is 1. The van der Waals surface area contributed by atoms with E-state index in [1.54, 1.807) is 18.2 Å². The minimum atomic E-state index is -0.310. The van der Waals surface area contributed by atoms with Crippen LogP contribution in [-0.2, 0) is 16.1 Å². The number of anilines is 1. The van der Waals surface area contributed by atoms with Gasteiger partial charge in [-0.25, -0.2) is 14.4 Å². The number of carbonyl (C=O) groups is 2. The zero-order chi connectivity index (χ0) is 21.8. The summed E-state index contributed by atoms with van der Waals surface area (Å²) in [6.45, 7) is 3.05. The molecule has 1 saturated heterocycles. The van der Waals surface area contributed by atoms with Crippen molar-refractivity contribution in [3.05, 3.63) is 46.9 Å². The molecule has 2 heterocycles. The molecule has 0 atom stereocenters. The molecule has 0 unspecified atom stereocenters. The predicted octanol–water partition coefficient (Wildman–Crippen LogP) is 2.74. The number of halogens is 2. The van der Waals surface area contributed by atoms with Gasteiger partial charge in [-0.05, 0) is 30.5 Å². The van der Waals surface area contributed by atoms with Crippen LogP contribution in [0.25, 0.3) is 0 Å². The van der Waals surface area contributed by atoms with Crippen molar-refractivity contribution in [1.82, 2.24) is 20.2 Å². The van der Waals surface area contributed by atoms with E-state index in [1.807, 2.05) is 4.90 Å². The maximum absolute atomic E-state index is 12.9. The fourth-order valence-electron chi connectivity index (χ4n) is 3.34. The average molecular weight is 464 g/mol. The zero-order valence-corrected chi connectivity index (χ0v) is 18.5. The number of carbonyl (C=O) groups excluding carboxylic acids is 2. The van der Waals surface area contributed by atoms with Crippen LogP contribution in [0.3, 0.4) is 0 Å². The zero-order valence-electron chi connectivity index (χ0n) is 16.9. The lowest BCUT2D eigenvalue weighted by atomic mass is 10.2. The Morgan fingerprint density at radius 1 is 1.13 bits per heavy atom. The maximum atomic E-state index is 12.9. The second-order valence-corrected chi connectivity index (χ2v) is 8.94. The van der Waals surface area contributed by atoms with Gasteiger partial charge in [0.15, 0.2) is 5.16 Å². The molecule has 31 heavy (non-hydrogen) atoms. The van der Waals surface area contributed by atoms with E-state index >= 15 is 0 Å². The maximum Gasteiger partial charge on any atom is 0.230 e. The summed E-state index contributed by atoms with van der Waals surface area (Å²) in [6, 6.07) is 7.69. The van der Waals surface area contributed by atoms with Crippen LogP contribution in [0, 0.1) is 11.7 Å². The molecular weight excluding hydrogens is 441 g/mol. The summed E-state index contributed by atoms with van der Waals surface area (Å²) >= 11 is 7.39. The number of aromatic nitrogens is 2. The molecule has 0 spiro atoms. The fourth-order valence-corrected chi connectivity index (χ4v) is 4.25. The van der Waals surface area contributed by atoms with Crippen LogP contribution in [0.5, 0.6) is 0 Å². The predicted molar refractivity (Wildman–Crippen MR) is 118 cm³/mol. The van der Waals surface area contributed by atoms with Crippen LogP contribution in [0.15, 0.2) is 35.5 Å². The molecule has 2 fully saturated rings. The number of nitrogens with zero attached hydrogens (tertiary/aromatic N) is 4. The van der Waals surface area contributed by atoms with Gasteiger partial charge >= 0.3 is 0 Å². The van der Waals surface area contributed by atoms with Gasteiger partial charge < -0.3 is 15.1 Å². The number of hydrogen-bond donors (Lipinski definition) is 1. The summed E-state index contributed by atoms with van der Waals surface area (Å²) in [7, 11) is 0. The van der Waals surface area contributed by atoms with Gasteiger partial charge in [0.25, 0.3) is 0 Å². The van der Waals surface area contributed by atoms with Crippen LogP contribution < -0.4 is 10.2 Å². The number of rotatable bonds is 7. The summed E-state index contributed by atoms with van der Waals surface area (Å²) in [5.74, 6) is 0.861. The fraction of sp³-hybridized carbons (Fsp3) is 0.429. The average Bonchev–Trinajstić information content (AvgIpc) is 3.62. The second-order valence-electron chi connectivity index (χ2n) is 7.61. The van der Waals surface area contributed by atoms with Gasteiger partial charge in [-0.15, -0.1) is 0 Å². The summed E-state index contributed by atoms with van der Waals surface area (Å²) < 4.78 is 12.9. The molecule has 164 valence electrons. The molecule has 2 aromatic rings. The minimum Gasteiger partial charge on any atom is -0.353 e. The normalized spacial score (nSPS) is 16.3. The first-order chi connectivity index (χ1) is 15.0. The molecule has 2 aliphatic rings. The Morgan fingerprint density at radius 3 is 2.52 bits per heavy atom. The number of amides is 2.